The van der Waals surface area contributed by atoms with Crippen LogP contribution in [0, 0.1) is 17.2 Å². The molecule has 0 saturated carbocycles. The van der Waals surface area contributed by atoms with Crippen LogP contribution < -0.4 is 10.3 Å². The Hall–Kier alpha value is -2.58. The maximum atomic E-state index is 12.1. The predicted molar refractivity (Wildman–Crippen MR) is 94.5 cm³/mol. The Morgan fingerprint density at radius 1 is 1.16 bits per heavy atom. The third kappa shape index (κ3) is 2.83. The zero-order chi connectivity index (χ0) is 17.4. The Morgan fingerprint density at radius 3 is 2.68 bits per heavy atom. The Morgan fingerprint density at radius 2 is 1.96 bits per heavy atom. The van der Waals surface area contributed by atoms with Gasteiger partial charge >= 0.3 is 0 Å². The summed E-state index contributed by atoms with van der Waals surface area (Å²) in [5.41, 5.74) is 2.20. The van der Waals surface area contributed by atoms with Crippen molar-refractivity contribution in [3.8, 4) is 11.8 Å². The number of nitriles is 1. The smallest absolute Gasteiger partial charge is 0.250 e. The molecule has 1 aromatic heterocycles. The lowest BCUT2D eigenvalue weighted by Gasteiger charge is -2.44. The van der Waals surface area contributed by atoms with E-state index in [1.807, 2.05) is 34.9 Å². The molecule has 2 aliphatic rings. The number of piperidine rings is 1. The van der Waals surface area contributed by atoms with Gasteiger partial charge in [-0.3, -0.25) is 9.69 Å². The zero-order valence-corrected chi connectivity index (χ0v) is 14.3. The van der Waals surface area contributed by atoms with Crippen LogP contribution in [0.3, 0.4) is 0 Å². The van der Waals surface area contributed by atoms with Gasteiger partial charge in [-0.25, -0.2) is 0 Å². The second kappa shape index (κ2) is 6.38. The number of methoxy groups -OCH3 is 1. The molecular weight excluding hydrogens is 314 g/mol. The van der Waals surface area contributed by atoms with E-state index in [0.717, 1.165) is 43.1 Å². The maximum Gasteiger partial charge on any atom is 0.250 e. The van der Waals surface area contributed by atoms with Crippen molar-refractivity contribution >= 4 is 0 Å². The highest BCUT2D eigenvalue weighted by Gasteiger charge is 2.37. The normalized spacial score (nSPS) is 23.4. The zero-order valence-electron chi connectivity index (χ0n) is 14.3. The van der Waals surface area contributed by atoms with Crippen molar-refractivity contribution in [3.05, 3.63) is 64.1 Å². The van der Waals surface area contributed by atoms with E-state index in [1.165, 1.54) is 0 Å². The lowest BCUT2D eigenvalue weighted by molar-refractivity contribution is 0.100. The van der Waals surface area contributed by atoms with Gasteiger partial charge in [0, 0.05) is 37.3 Å². The number of aromatic nitrogens is 1. The van der Waals surface area contributed by atoms with Crippen LogP contribution in [-0.4, -0.2) is 29.7 Å². The van der Waals surface area contributed by atoms with E-state index in [0.29, 0.717) is 11.8 Å². The number of likely N-dealkylation sites (tertiary alicyclic amines) is 1. The van der Waals surface area contributed by atoms with Gasteiger partial charge < -0.3 is 9.30 Å². The van der Waals surface area contributed by atoms with Gasteiger partial charge in [-0.15, -0.1) is 0 Å². The van der Waals surface area contributed by atoms with Crippen LogP contribution in [0.2, 0.25) is 0 Å². The summed E-state index contributed by atoms with van der Waals surface area (Å²) in [7, 11) is 1.64. The van der Waals surface area contributed by atoms with Gasteiger partial charge in [0.25, 0.3) is 5.56 Å². The molecule has 5 nitrogen and oxygen atoms in total. The molecule has 0 spiro atoms. The van der Waals surface area contributed by atoms with Gasteiger partial charge in [0.1, 0.15) is 11.8 Å². The van der Waals surface area contributed by atoms with Crippen LogP contribution in [0.25, 0.3) is 0 Å². The summed E-state index contributed by atoms with van der Waals surface area (Å²) in [6.45, 7) is 2.41. The number of fused-ring (bicyclic) bond motifs is 4. The fourth-order valence-electron chi connectivity index (χ4n) is 4.30. The number of benzene rings is 1. The van der Waals surface area contributed by atoms with Crippen LogP contribution in [0.15, 0.2) is 47.3 Å². The van der Waals surface area contributed by atoms with Gasteiger partial charge in [0.05, 0.1) is 13.2 Å². The van der Waals surface area contributed by atoms with Gasteiger partial charge in [-0.05, 0) is 36.1 Å². The molecule has 2 bridgehead atoms. The molecule has 3 atom stereocenters. The number of hydrogen-bond donors (Lipinski definition) is 0. The minimum Gasteiger partial charge on any atom is -0.497 e. The van der Waals surface area contributed by atoms with Crippen LogP contribution in [0.1, 0.15) is 29.6 Å². The first kappa shape index (κ1) is 15.9. The van der Waals surface area contributed by atoms with Crippen molar-refractivity contribution in [2.75, 3.05) is 20.2 Å². The van der Waals surface area contributed by atoms with Crippen LogP contribution in [-0.2, 0) is 6.54 Å². The van der Waals surface area contributed by atoms with Crippen molar-refractivity contribution in [1.29, 1.82) is 5.26 Å². The first-order valence-corrected chi connectivity index (χ1v) is 8.67. The Bertz CT molecular complexity index is 866. The SMILES string of the molecule is COc1ccc([C@H](C#N)N2C[C@H]3C[C@H](C2)c2cccc(=O)n2C3)cc1. The molecule has 1 fully saturated rings. The van der Waals surface area contributed by atoms with Crippen molar-refractivity contribution in [2.24, 2.45) is 5.92 Å². The van der Waals surface area contributed by atoms with Gasteiger partial charge in [-0.2, -0.15) is 5.26 Å². The van der Waals surface area contributed by atoms with E-state index in [-0.39, 0.29) is 11.6 Å². The number of pyridine rings is 1. The first-order chi connectivity index (χ1) is 12.2. The quantitative estimate of drug-likeness (QED) is 0.865. The summed E-state index contributed by atoms with van der Waals surface area (Å²) in [6.07, 6.45) is 1.10. The molecule has 0 amide bonds. The molecule has 0 aliphatic carbocycles. The summed E-state index contributed by atoms with van der Waals surface area (Å²) in [6, 6.07) is 15.5. The van der Waals surface area contributed by atoms with E-state index in [4.69, 9.17) is 4.74 Å². The molecule has 0 N–H and O–H groups in total. The van der Waals surface area contributed by atoms with Crippen molar-refractivity contribution in [1.82, 2.24) is 9.47 Å². The molecular formula is C20H21N3O2. The fraction of sp³-hybridized carbons (Fsp3) is 0.400. The van der Waals surface area contributed by atoms with Crippen molar-refractivity contribution < 1.29 is 4.74 Å². The molecule has 1 saturated heterocycles. The van der Waals surface area contributed by atoms with Crippen LogP contribution in [0.5, 0.6) is 5.75 Å². The third-order valence-electron chi connectivity index (χ3n) is 5.43. The minimum atomic E-state index is -0.266. The van der Waals surface area contributed by atoms with Crippen LogP contribution in [0.4, 0.5) is 0 Å². The summed E-state index contributed by atoms with van der Waals surface area (Å²) < 4.78 is 7.13. The second-order valence-corrected chi connectivity index (χ2v) is 6.96. The Labute approximate surface area is 147 Å². The summed E-state index contributed by atoms with van der Waals surface area (Å²) >= 11 is 0. The highest BCUT2D eigenvalue weighted by molar-refractivity contribution is 5.32. The molecule has 0 unspecified atom stereocenters. The van der Waals surface area contributed by atoms with Crippen molar-refractivity contribution in [2.45, 2.75) is 24.9 Å². The molecule has 2 aromatic rings. The number of hydrogen-bond acceptors (Lipinski definition) is 4. The van der Waals surface area contributed by atoms with Gasteiger partial charge in [0.15, 0.2) is 0 Å². The van der Waals surface area contributed by atoms with E-state index in [2.05, 4.69) is 17.0 Å². The summed E-state index contributed by atoms with van der Waals surface area (Å²) in [5, 5.41) is 9.78. The maximum absolute atomic E-state index is 12.1. The monoisotopic (exact) mass is 335 g/mol. The Balaban J connectivity index is 1.62. The molecule has 3 heterocycles. The average molecular weight is 335 g/mol. The van der Waals surface area contributed by atoms with E-state index in [9.17, 15) is 10.1 Å². The highest BCUT2D eigenvalue weighted by atomic mass is 16.5. The van der Waals surface area contributed by atoms with Crippen molar-refractivity contribution in [3.63, 3.8) is 0 Å². The molecule has 5 heteroatoms. The Kier molecular flexibility index (Phi) is 4.06. The number of ether oxygens (including phenoxy) is 1. The third-order valence-corrected chi connectivity index (χ3v) is 5.43. The minimum absolute atomic E-state index is 0.0904. The van der Waals surface area contributed by atoms with E-state index in [1.54, 1.807) is 13.2 Å². The molecule has 128 valence electrons. The van der Waals surface area contributed by atoms with Gasteiger partial charge in [0.2, 0.25) is 0 Å². The second-order valence-electron chi connectivity index (χ2n) is 6.96. The standard InChI is InChI=1S/C20H21N3O2/c1-25-17-7-5-15(6-8-17)19(10-21)22-11-14-9-16(13-22)18-3-2-4-20(24)23(18)12-14/h2-8,14,16,19H,9,11-13H2,1H3/t14-,16-,19+/m1/s1. The predicted octanol–water partition coefficient (Wildman–Crippen LogP) is 2.54. The lowest BCUT2D eigenvalue weighted by atomic mass is 9.82. The number of nitrogens with zero attached hydrogens (tertiary/aromatic N) is 3. The largest absolute Gasteiger partial charge is 0.497 e. The topological polar surface area (TPSA) is 58.3 Å². The summed E-state index contributed by atoms with van der Waals surface area (Å²) in [4.78, 5) is 14.4. The van der Waals surface area contributed by atoms with E-state index < -0.39 is 0 Å². The first-order valence-electron chi connectivity index (χ1n) is 8.67. The molecule has 0 radical (unpaired) electrons. The van der Waals surface area contributed by atoms with E-state index >= 15 is 0 Å². The molecule has 1 aromatic carbocycles. The average Bonchev–Trinajstić information content (AvgIpc) is 2.64. The lowest BCUT2D eigenvalue weighted by Crippen LogP contribution is -2.47. The highest BCUT2D eigenvalue weighted by Crippen LogP contribution is 2.38. The van der Waals surface area contributed by atoms with Crippen LogP contribution >= 0.6 is 0 Å². The molecule has 2 aliphatic heterocycles. The fourth-order valence-corrected chi connectivity index (χ4v) is 4.30. The summed E-state index contributed by atoms with van der Waals surface area (Å²) in [5.74, 6) is 1.53. The molecule has 25 heavy (non-hydrogen) atoms. The molecule has 4 rings (SSSR count). The van der Waals surface area contributed by atoms with Gasteiger partial charge in [-0.1, -0.05) is 18.2 Å². The number of rotatable bonds is 3.